The number of carbonyl (C=O) groups excluding carboxylic acids is 1. The Morgan fingerprint density at radius 3 is 3.00 bits per heavy atom. The molecular formula is C11H14BrN3O. The van der Waals surface area contributed by atoms with Gasteiger partial charge in [-0.15, -0.1) is 0 Å². The van der Waals surface area contributed by atoms with Crippen LogP contribution in [0, 0.1) is 5.92 Å². The predicted molar refractivity (Wildman–Crippen MR) is 65.1 cm³/mol. The third kappa shape index (κ3) is 1.91. The average Bonchev–Trinajstić information content (AvgIpc) is 2.84. The Kier molecular flexibility index (Phi) is 3.14. The molecule has 1 unspecified atom stereocenters. The standard InChI is InChI=1S/C11H14BrN3O/c1-7(2)9-4-3-5-15(9)11(16)10-8(12)6-13-14-10/h3-4,6-7,9H,5H2,1-2H3,(H,13,14). The molecule has 2 rings (SSSR count). The first kappa shape index (κ1) is 11.4. The van der Waals surface area contributed by atoms with Crippen molar-refractivity contribution in [2.24, 2.45) is 5.92 Å². The summed E-state index contributed by atoms with van der Waals surface area (Å²) in [6.45, 7) is 4.90. The Bertz CT molecular complexity index is 425. The number of nitrogens with zero attached hydrogens (tertiary/aromatic N) is 2. The molecule has 1 N–H and O–H groups in total. The maximum absolute atomic E-state index is 12.2. The van der Waals surface area contributed by atoms with Gasteiger partial charge in [-0.1, -0.05) is 26.0 Å². The van der Waals surface area contributed by atoms with Crippen molar-refractivity contribution in [2.75, 3.05) is 6.54 Å². The highest BCUT2D eigenvalue weighted by molar-refractivity contribution is 9.10. The number of carbonyl (C=O) groups is 1. The number of rotatable bonds is 2. The number of aromatic nitrogens is 2. The molecule has 1 aliphatic rings. The molecule has 16 heavy (non-hydrogen) atoms. The van der Waals surface area contributed by atoms with Crippen LogP contribution in [-0.4, -0.2) is 33.6 Å². The third-order valence-electron chi connectivity index (χ3n) is 2.75. The Morgan fingerprint density at radius 2 is 2.44 bits per heavy atom. The number of hydrogen-bond donors (Lipinski definition) is 1. The van der Waals surface area contributed by atoms with Crippen molar-refractivity contribution in [2.45, 2.75) is 19.9 Å². The lowest BCUT2D eigenvalue weighted by Gasteiger charge is -2.27. The molecule has 0 spiro atoms. The monoisotopic (exact) mass is 283 g/mol. The van der Waals surface area contributed by atoms with E-state index >= 15 is 0 Å². The number of nitrogens with one attached hydrogen (secondary N) is 1. The van der Waals surface area contributed by atoms with Crippen LogP contribution in [0.3, 0.4) is 0 Å². The van der Waals surface area contributed by atoms with E-state index in [0.29, 0.717) is 22.6 Å². The highest BCUT2D eigenvalue weighted by Gasteiger charge is 2.29. The molecule has 5 heteroatoms. The van der Waals surface area contributed by atoms with Gasteiger partial charge in [-0.2, -0.15) is 5.10 Å². The molecule has 1 aliphatic heterocycles. The van der Waals surface area contributed by atoms with Gasteiger partial charge in [-0.05, 0) is 21.8 Å². The first-order valence-electron chi connectivity index (χ1n) is 5.27. The van der Waals surface area contributed by atoms with Gasteiger partial charge in [-0.25, -0.2) is 0 Å². The van der Waals surface area contributed by atoms with Crippen LogP contribution in [0.15, 0.2) is 22.8 Å². The minimum atomic E-state index is -0.00641. The van der Waals surface area contributed by atoms with Crippen LogP contribution < -0.4 is 0 Å². The predicted octanol–water partition coefficient (Wildman–Crippen LogP) is 2.21. The molecular weight excluding hydrogens is 270 g/mol. The van der Waals surface area contributed by atoms with E-state index in [0.717, 1.165) is 0 Å². The zero-order valence-corrected chi connectivity index (χ0v) is 10.9. The largest absolute Gasteiger partial charge is 0.327 e. The van der Waals surface area contributed by atoms with Crippen LogP contribution in [0.2, 0.25) is 0 Å². The number of halogens is 1. The van der Waals surface area contributed by atoms with Gasteiger partial charge >= 0.3 is 0 Å². The van der Waals surface area contributed by atoms with Crippen LogP contribution in [-0.2, 0) is 0 Å². The van der Waals surface area contributed by atoms with E-state index < -0.39 is 0 Å². The van der Waals surface area contributed by atoms with Crippen LogP contribution >= 0.6 is 15.9 Å². The van der Waals surface area contributed by atoms with E-state index in [1.54, 1.807) is 6.20 Å². The van der Waals surface area contributed by atoms with Crippen LogP contribution in [0.5, 0.6) is 0 Å². The van der Waals surface area contributed by atoms with Crippen molar-refractivity contribution in [1.82, 2.24) is 15.1 Å². The zero-order chi connectivity index (χ0) is 11.7. The van der Waals surface area contributed by atoms with E-state index in [1.807, 2.05) is 11.0 Å². The van der Waals surface area contributed by atoms with Gasteiger partial charge in [0.2, 0.25) is 0 Å². The molecule has 0 fully saturated rings. The Balaban J connectivity index is 2.20. The van der Waals surface area contributed by atoms with E-state index in [1.165, 1.54) is 0 Å². The highest BCUT2D eigenvalue weighted by atomic mass is 79.9. The summed E-state index contributed by atoms with van der Waals surface area (Å²) in [7, 11) is 0. The molecule has 2 heterocycles. The van der Waals surface area contributed by atoms with Gasteiger partial charge in [0.1, 0.15) is 5.69 Å². The van der Waals surface area contributed by atoms with E-state index in [4.69, 9.17) is 0 Å². The van der Waals surface area contributed by atoms with Gasteiger partial charge in [0, 0.05) is 6.54 Å². The third-order valence-corrected chi connectivity index (χ3v) is 3.35. The lowest BCUT2D eigenvalue weighted by atomic mass is 10.0. The maximum atomic E-state index is 12.2. The Morgan fingerprint density at radius 1 is 1.69 bits per heavy atom. The van der Waals surface area contributed by atoms with Crippen molar-refractivity contribution in [1.29, 1.82) is 0 Å². The second-order valence-corrected chi connectivity index (χ2v) is 5.07. The molecule has 0 aliphatic carbocycles. The molecule has 1 amide bonds. The SMILES string of the molecule is CC(C)C1C=CCN1C(=O)c1[nH]ncc1Br. The molecule has 0 bridgehead atoms. The summed E-state index contributed by atoms with van der Waals surface area (Å²) >= 11 is 3.31. The van der Waals surface area contributed by atoms with E-state index in [2.05, 4.69) is 46.1 Å². The minimum Gasteiger partial charge on any atom is -0.327 e. The lowest BCUT2D eigenvalue weighted by molar-refractivity contribution is 0.0713. The fourth-order valence-corrected chi connectivity index (χ4v) is 2.27. The number of H-pyrrole nitrogens is 1. The van der Waals surface area contributed by atoms with Gasteiger partial charge in [0.25, 0.3) is 5.91 Å². The fraction of sp³-hybridized carbons (Fsp3) is 0.455. The molecule has 0 aromatic carbocycles. The average molecular weight is 284 g/mol. The minimum absolute atomic E-state index is 0.00641. The summed E-state index contributed by atoms with van der Waals surface area (Å²) in [5, 5.41) is 6.57. The van der Waals surface area contributed by atoms with Crippen molar-refractivity contribution < 1.29 is 4.79 Å². The van der Waals surface area contributed by atoms with Crippen molar-refractivity contribution >= 4 is 21.8 Å². The van der Waals surface area contributed by atoms with Crippen molar-refractivity contribution in [3.63, 3.8) is 0 Å². The highest BCUT2D eigenvalue weighted by Crippen LogP contribution is 2.22. The van der Waals surface area contributed by atoms with Crippen LogP contribution in [0.4, 0.5) is 0 Å². The summed E-state index contributed by atoms with van der Waals surface area (Å²) in [5.41, 5.74) is 0.523. The summed E-state index contributed by atoms with van der Waals surface area (Å²) < 4.78 is 0.715. The maximum Gasteiger partial charge on any atom is 0.273 e. The van der Waals surface area contributed by atoms with Crippen molar-refractivity contribution in [3.05, 3.63) is 28.5 Å². The topological polar surface area (TPSA) is 49.0 Å². The summed E-state index contributed by atoms with van der Waals surface area (Å²) in [6, 6.07) is 0.183. The molecule has 0 saturated carbocycles. The number of aromatic amines is 1. The quantitative estimate of drug-likeness (QED) is 0.846. The first-order chi connectivity index (χ1) is 7.61. The summed E-state index contributed by atoms with van der Waals surface area (Å²) in [4.78, 5) is 14.1. The Hall–Kier alpha value is -1.10. The first-order valence-corrected chi connectivity index (χ1v) is 6.07. The molecule has 0 radical (unpaired) electrons. The molecule has 1 aromatic rings. The second kappa shape index (κ2) is 4.41. The zero-order valence-electron chi connectivity index (χ0n) is 9.27. The molecule has 1 aromatic heterocycles. The van der Waals surface area contributed by atoms with Crippen LogP contribution in [0.1, 0.15) is 24.3 Å². The fourth-order valence-electron chi connectivity index (χ4n) is 1.90. The molecule has 0 saturated heterocycles. The molecule has 1 atom stereocenters. The van der Waals surface area contributed by atoms with Gasteiger partial charge in [0.05, 0.1) is 16.7 Å². The van der Waals surface area contributed by atoms with E-state index in [-0.39, 0.29) is 11.9 Å². The summed E-state index contributed by atoms with van der Waals surface area (Å²) in [6.07, 6.45) is 5.72. The van der Waals surface area contributed by atoms with Gasteiger partial charge < -0.3 is 4.90 Å². The molecule has 4 nitrogen and oxygen atoms in total. The number of hydrogen-bond acceptors (Lipinski definition) is 2. The smallest absolute Gasteiger partial charge is 0.273 e. The lowest BCUT2D eigenvalue weighted by Crippen LogP contribution is -2.39. The van der Waals surface area contributed by atoms with E-state index in [9.17, 15) is 4.79 Å². The summed E-state index contributed by atoms with van der Waals surface area (Å²) in [5.74, 6) is 0.414. The number of amides is 1. The van der Waals surface area contributed by atoms with Crippen LogP contribution in [0.25, 0.3) is 0 Å². The molecule has 86 valence electrons. The normalized spacial score (nSPS) is 19.8. The second-order valence-electron chi connectivity index (χ2n) is 4.21. The van der Waals surface area contributed by atoms with Crippen molar-refractivity contribution in [3.8, 4) is 0 Å². The Labute approximate surface area is 103 Å². The van der Waals surface area contributed by atoms with Gasteiger partial charge in [-0.3, -0.25) is 9.89 Å². The van der Waals surface area contributed by atoms with Gasteiger partial charge in [0.15, 0.2) is 0 Å².